The van der Waals surface area contributed by atoms with Crippen molar-refractivity contribution >= 4 is 17.8 Å². The van der Waals surface area contributed by atoms with E-state index in [-0.39, 0.29) is 31.0 Å². The van der Waals surface area contributed by atoms with Gasteiger partial charge in [0.1, 0.15) is 18.3 Å². The summed E-state index contributed by atoms with van der Waals surface area (Å²) in [5.41, 5.74) is 2.93. The minimum Gasteiger partial charge on any atom is -0.465 e. The van der Waals surface area contributed by atoms with Crippen LogP contribution in [0.25, 0.3) is 0 Å². The van der Waals surface area contributed by atoms with Crippen LogP contribution in [-0.2, 0) is 17.8 Å². The van der Waals surface area contributed by atoms with E-state index in [4.69, 9.17) is 4.98 Å². The zero-order valence-electron chi connectivity index (χ0n) is 18.6. The average molecular weight is 477 g/mol. The summed E-state index contributed by atoms with van der Waals surface area (Å²) in [5.74, 6) is 0.0360. The highest BCUT2D eigenvalue weighted by Gasteiger charge is 2.44. The number of carbonyl (C=O) groups is 2. The highest BCUT2D eigenvalue weighted by Crippen LogP contribution is 2.45. The lowest BCUT2D eigenvalue weighted by Crippen LogP contribution is -2.57. The van der Waals surface area contributed by atoms with Gasteiger partial charge in [-0.3, -0.25) is 4.79 Å². The number of amides is 2. The lowest BCUT2D eigenvalue weighted by Gasteiger charge is -2.43. The van der Waals surface area contributed by atoms with E-state index in [9.17, 15) is 33.1 Å². The Hall–Kier alpha value is -3.03. The van der Waals surface area contributed by atoms with Gasteiger partial charge in [-0.25, -0.2) is 9.78 Å². The number of aromatic nitrogens is 1. The van der Waals surface area contributed by atoms with Gasteiger partial charge >= 0.3 is 12.3 Å². The monoisotopic (exact) mass is 477 g/mol. The van der Waals surface area contributed by atoms with Crippen LogP contribution in [-0.4, -0.2) is 70.3 Å². The van der Waals surface area contributed by atoms with Gasteiger partial charge in [0.05, 0.1) is 23.8 Å². The molecular formula is C23H26F3N5O3. The molecule has 2 saturated carbocycles. The van der Waals surface area contributed by atoms with Crippen LogP contribution in [0.2, 0.25) is 0 Å². The number of fused-ring (bicyclic) bond motifs is 1. The van der Waals surface area contributed by atoms with Crippen molar-refractivity contribution in [2.45, 2.75) is 63.2 Å². The molecule has 1 unspecified atom stereocenters. The summed E-state index contributed by atoms with van der Waals surface area (Å²) in [4.78, 5) is 33.5. The SMILES string of the molecule is N#Cc1c(N2CCN(C(=O)CC(F)(F)F)C(C3CC3)C2)nc(C2CC2)c2c1CCN(C(=O)O)C2. The van der Waals surface area contributed by atoms with E-state index < -0.39 is 24.6 Å². The first kappa shape index (κ1) is 22.7. The molecule has 0 aromatic carbocycles. The summed E-state index contributed by atoms with van der Waals surface area (Å²) in [7, 11) is 0. The fourth-order valence-corrected chi connectivity index (χ4v) is 5.32. The molecule has 5 rings (SSSR count). The van der Waals surface area contributed by atoms with E-state index in [0.29, 0.717) is 37.4 Å². The van der Waals surface area contributed by atoms with Crippen LogP contribution in [0, 0.1) is 17.2 Å². The van der Waals surface area contributed by atoms with Gasteiger partial charge in [-0.15, -0.1) is 0 Å². The zero-order chi connectivity index (χ0) is 24.2. The molecule has 2 aliphatic carbocycles. The minimum absolute atomic E-state index is 0.158. The van der Waals surface area contributed by atoms with Crippen LogP contribution in [0.15, 0.2) is 0 Å². The zero-order valence-corrected chi connectivity index (χ0v) is 18.6. The number of hydrogen-bond donors (Lipinski definition) is 1. The Balaban J connectivity index is 1.46. The maximum atomic E-state index is 12.9. The molecule has 8 nitrogen and oxygen atoms in total. The van der Waals surface area contributed by atoms with Crippen molar-refractivity contribution in [2.75, 3.05) is 31.1 Å². The van der Waals surface area contributed by atoms with Gasteiger partial charge in [0.2, 0.25) is 5.91 Å². The van der Waals surface area contributed by atoms with Gasteiger partial charge in [0.25, 0.3) is 0 Å². The summed E-state index contributed by atoms with van der Waals surface area (Å²) < 4.78 is 38.6. The molecule has 4 aliphatic rings. The maximum absolute atomic E-state index is 12.9. The molecule has 11 heteroatoms. The number of halogens is 3. The normalized spacial score (nSPS) is 22.9. The van der Waals surface area contributed by atoms with Crippen LogP contribution in [0.5, 0.6) is 0 Å². The molecule has 2 amide bonds. The second-order valence-electron chi connectivity index (χ2n) is 9.72. The highest BCUT2D eigenvalue weighted by molar-refractivity contribution is 5.78. The molecule has 1 N–H and O–H groups in total. The number of nitriles is 1. The first-order chi connectivity index (χ1) is 16.2. The number of piperazine rings is 1. The average Bonchev–Trinajstić information content (AvgIpc) is 3.69. The smallest absolute Gasteiger partial charge is 0.407 e. The van der Waals surface area contributed by atoms with Gasteiger partial charge in [-0.1, -0.05) is 0 Å². The van der Waals surface area contributed by atoms with E-state index >= 15 is 0 Å². The minimum atomic E-state index is -4.54. The second-order valence-corrected chi connectivity index (χ2v) is 9.72. The van der Waals surface area contributed by atoms with E-state index in [0.717, 1.165) is 42.5 Å². The van der Waals surface area contributed by atoms with Crippen molar-refractivity contribution in [2.24, 2.45) is 5.92 Å². The van der Waals surface area contributed by atoms with Gasteiger partial charge in [0, 0.05) is 32.1 Å². The largest absolute Gasteiger partial charge is 0.465 e. The van der Waals surface area contributed by atoms with Gasteiger partial charge in [-0.05, 0) is 49.1 Å². The number of rotatable bonds is 4. The third-order valence-electron chi connectivity index (χ3n) is 7.31. The predicted molar refractivity (Wildman–Crippen MR) is 114 cm³/mol. The van der Waals surface area contributed by atoms with Gasteiger partial charge in [-0.2, -0.15) is 18.4 Å². The second kappa shape index (κ2) is 8.32. The van der Waals surface area contributed by atoms with Crippen LogP contribution in [0.1, 0.15) is 60.4 Å². The molecule has 2 aliphatic heterocycles. The fourth-order valence-electron chi connectivity index (χ4n) is 5.32. The highest BCUT2D eigenvalue weighted by atomic mass is 19.4. The van der Waals surface area contributed by atoms with E-state index in [1.165, 1.54) is 9.80 Å². The molecule has 1 saturated heterocycles. The van der Waals surface area contributed by atoms with E-state index in [2.05, 4.69) is 6.07 Å². The van der Waals surface area contributed by atoms with Crippen LogP contribution >= 0.6 is 0 Å². The molecule has 3 fully saturated rings. The summed E-state index contributed by atoms with van der Waals surface area (Å²) in [5, 5.41) is 19.5. The Kier molecular flexibility index (Phi) is 5.57. The number of pyridine rings is 1. The first-order valence-corrected chi connectivity index (χ1v) is 11.7. The Bertz CT molecular complexity index is 1060. The molecule has 1 aromatic rings. The Morgan fingerprint density at radius 1 is 1.12 bits per heavy atom. The van der Waals surface area contributed by atoms with E-state index in [1.807, 2.05) is 4.90 Å². The molecule has 34 heavy (non-hydrogen) atoms. The van der Waals surface area contributed by atoms with Crippen LogP contribution < -0.4 is 4.90 Å². The number of alkyl halides is 3. The standard InChI is InChI=1S/C23H26F3N5O3/c24-23(25,26)9-19(32)31-8-7-29(12-18(31)13-1-2-13)21-16(10-27)15-5-6-30(22(33)34)11-17(15)20(28-21)14-3-4-14/h13-14,18H,1-9,11-12H2,(H,33,34). The van der Waals surface area contributed by atoms with Crippen molar-refractivity contribution in [1.29, 1.82) is 5.26 Å². The third kappa shape index (κ3) is 4.38. The Morgan fingerprint density at radius 3 is 2.44 bits per heavy atom. The summed E-state index contributed by atoms with van der Waals surface area (Å²) >= 11 is 0. The summed E-state index contributed by atoms with van der Waals surface area (Å²) in [6.07, 6.45) is -2.91. The molecule has 0 bridgehead atoms. The number of nitrogens with zero attached hydrogens (tertiary/aromatic N) is 5. The summed E-state index contributed by atoms with van der Waals surface area (Å²) in [6, 6.07) is 1.94. The molecule has 182 valence electrons. The summed E-state index contributed by atoms with van der Waals surface area (Å²) in [6.45, 7) is 1.32. The lowest BCUT2D eigenvalue weighted by molar-refractivity contribution is -0.163. The predicted octanol–water partition coefficient (Wildman–Crippen LogP) is 3.25. The fraction of sp³-hybridized carbons (Fsp3) is 0.652. The molecule has 1 atom stereocenters. The van der Waals surface area contributed by atoms with Gasteiger partial charge < -0.3 is 19.8 Å². The first-order valence-electron chi connectivity index (χ1n) is 11.7. The van der Waals surface area contributed by atoms with Crippen molar-refractivity contribution in [1.82, 2.24) is 14.8 Å². The topological polar surface area (TPSA) is 101 Å². The Morgan fingerprint density at radius 2 is 1.85 bits per heavy atom. The van der Waals surface area contributed by atoms with Crippen molar-refractivity contribution in [3.05, 3.63) is 22.4 Å². The van der Waals surface area contributed by atoms with E-state index in [1.54, 1.807) is 0 Å². The molecule has 1 aromatic heterocycles. The molecule has 3 heterocycles. The quantitative estimate of drug-likeness (QED) is 0.715. The van der Waals surface area contributed by atoms with Crippen molar-refractivity contribution < 1.29 is 27.9 Å². The number of carboxylic acid groups (broad SMARTS) is 1. The Labute approximate surface area is 194 Å². The lowest BCUT2D eigenvalue weighted by atomic mass is 9.92. The van der Waals surface area contributed by atoms with Crippen LogP contribution in [0.4, 0.5) is 23.8 Å². The molecular weight excluding hydrogens is 451 g/mol. The number of carbonyl (C=O) groups excluding carboxylic acids is 1. The molecule has 0 radical (unpaired) electrons. The molecule has 0 spiro atoms. The van der Waals surface area contributed by atoms with Gasteiger partial charge in [0.15, 0.2) is 0 Å². The maximum Gasteiger partial charge on any atom is 0.407 e. The number of hydrogen-bond acceptors (Lipinski definition) is 5. The van der Waals surface area contributed by atoms with Crippen molar-refractivity contribution in [3.63, 3.8) is 0 Å². The van der Waals surface area contributed by atoms with Crippen LogP contribution in [0.3, 0.4) is 0 Å². The third-order valence-corrected chi connectivity index (χ3v) is 7.31. The number of anilines is 1. The van der Waals surface area contributed by atoms with Crippen molar-refractivity contribution in [3.8, 4) is 6.07 Å².